The minimum Gasteiger partial charge on any atom is -0.478 e. The van der Waals surface area contributed by atoms with E-state index in [1.165, 1.54) is 29.5 Å². The van der Waals surface area contributed by atoms with Crippen molar-refractivity contribution >= 4 is 43.2 Å². The van der Waals surface area contributed by atoms with Gasteiger partial charge in [-0.2, -0.15) is 0 Å². The molecule has 0 aliphatic rings. The van der Waals surface area contributed by atoms with Crippen molar-refractivity contribution in [1.82, 2.24) is 4.98 Å². The van der Waals surface area contributed by atoms with Gasteiger partial charge in [-0.1, -0.05) is 0 Å². The summed E-state index contributed by atoms with van der Waals surface area (Å²) in [6.07, 6.45) is 0. The molecular formula is C16H14N2O4S2. The van der Waals surface area contributed by atoms with Crippen LogP contribution in [0.2, 0.25) is 0 Å². The minimum absolute atomic E-state index is 0.0289. The lowest BCUT2D eigenvalue weighted by atomic mass is 10.1. The van der Waals surface area contributed by atoms with E-state index in [0.717, 1.165) is 15.2 Å². The van der Waals surface area contributed by atoms with Crippen LogP contribution in [0.5, 0.6) is 0 Å². The number of carboxylic acid groups (broad SMARTS) is 1. The van der Waals surface area contributed by atoms with E-state index < -0.39 is 16.0 Å². The topological polar surface area (TPSA) is 96.4 Å². The Hall–Kier alpha value is -2.45. The largest absolute Gasteiger partial charge is 0.478 e. The fourth-order valence-electron chi connectivity index (χ4n) is 2.37. The third-order valence-electron chi connectivity index (χ3n) is 3.35. The molecule has 2 aromatic carbocycles. The molecule has 124 valence electrons. The summed E-state index contributed by atoms with van der Waals surface area (Å²) >= 11 is 1.42. The van der Waals surface area contributed by atoms with Crippen molar-refractivity contribution in [2.45, 2.75) is 18.7 Å². The van der Waals surface area contributed by atoms with Crippen LogP contribution >= 0.6 is 11.3 Å². The highest BCUT2D eigenvalue weighted by Gasteiger charge is 2.17. The second-order valence-corrected chi connectivity index (χ2v) is 8.28. The number of nitrogens with one attached hydrogen (secondary N) is 1. The summed E-state index contributed by atoms with van der Waals surface area (Å²) in [4.78, 5) is 15.5. The van der Waals surface area contributed by atoms with Gasteiger partial charge < -0.3 is 5.11 Å². The molecule has 0 amide bonds. The van der Waals surface area contributed by atoms with Crippen molar-refractivity contribution in [3.8, 4) is 0 Å². The van der Waals surface area contributed by atoms with Crippen molar-refractivity contribution < 1.29 is 18.3 Å². The smallest absolute Gasteiger partial charge is 0.335 e. The second-order valence-electron chi connectivity index (χ2n) is 5.36. The van der Waals surface area contributed by atoms with Crippen molar-refractivity contribution in [1.29, 1.82) is 0 Å². The first-order valence-corrected chi connectivity index (χ1v) is 9.29. The second kappa shape index (κ2) is 5.88. The first-order valence-electron chi connectivity index (χ1n) is 6.99. The molecule has 3 aromatic rings. The number of aryl methyl sites for hydroxylation is 2. The molecule has 2 N–H and O–H groups in total. The Morgan fingerprint density at radius 2 is 1.92 bits per heavy atom. The maximum Gasteiger partial charge on any atom is 0.335 e. The number of carbonyl (C=O) groups is 1. The van der Waals surface area contributed by atoms with Crippen LogP contribution in [0.25, 0.3) is 10.2 Å². The van der Waals surface area contributed by atoms with Gasteiger partial charge in [0.05, 0.1) is 25.7 Å². The van der Waals surface area contributed by atoms with E-state index in [4.69, 9.17) is 5.11 Å². The van der Waals surface area contributed by atoms with Gasteiger partial charge in [0.15, 0.2) is 0 Å². The van der Waals surface area contributed by atoms with Crippen LogP contribution in [0.1, 0.15) is 20.9 Å². The number of benzene rings is 2. The zero-order chi connectivity index (χ0) is 17.5. The number of nitrogens with zero attached hydrogens (tertiary/aromatic N) is 1. The number of hydrogen-bond donors (Lipinski definition) is 2. The van der Waals surface area contributed by atoms with Crippen molar-refractivity contribution in [2.75, 3.05) is 4.72 Å². The van der Waals surface area contributed by atoms with Gasteiger partial charge in [0.1, 0.15) is 0 Å². The monoisotopic (exact) mass is 362 g/mol. The molecule has 24 heavy (non-hydrogen) atoms. The van der Waals surface area contributed by atoms with Gasteiger partial charge >= 0.3 is 5.97 Å². The molecule has 0 spiro atoms. The van der Waals surface area contributed by atoms with E-state index in [9.17, 15) is 13.2 Å². The van der Waals surface area contributed by atoms with Crippen LogP contribution in [0.15, 0.2) is 41.3 Å². The minimum atomic E-state index is -3.82. The standard InChI is InChI=1S/C16H14N2O4S2/c1-9-5-11(16(19)20)7-12(6-9)18-24(21,22)13-3-4-14-15(8-13)23-10(2)17-14/h3-8,18H,1-2H3,(H,19,20). The quantitative estimate of drug-likeness (QED) is 0.741. The zero-order valence-corrected chi connectivity index (χ0v) is 14.5. The molecule has 0 atom stereocenters. The molecular weight excluding hydrogens is 348 g/mol. The van der Waals surface area contributed by atoms with Crippen molar-refractivity contribution in [2.24, 2.45) is 0 Å². The molecule has 8 heteroatoms. The number of anilines is 1. The lowest BCUT2D eigenvalue weighted by Crippen LogP contribution is -2.13. The van der Waals surface area contributed by atoms with Crippen LogP contribution < -0.4 is 4.72 Å². The summed E-state index contributed by atoms with van der Waals surface area (Å²) in [6.45, 7) is 3.56. The summed E-state index contributed by atoms with van der Waals surface area (Å²) in [6, 6.07) is 9.06. The van der Waals surface area contributed by atoms with Gasteiger partial charge in [0.2, 0.25) is 0 Å². The molecule has 1 aromatic heterocycles. The van der Waals surface area contributed by atoms with Crippen LogP contribution in [-0.4, -0.2) is 24.5 Å². The normalized spacial score (nSPS) is 11.6. The summed E-state index contributed by atoms with van der Waals surface area (Å²) in [5, 5.41) is 9.95. The number of aromatic nitrogens is 1. The summed E-state index contributed by atoms with van der Waals surface area (Å²) in [5.41, 5.74) is 1.65. The average molecular weight is 362 g/mol. The van der Waals surface area contributed by atoms with E-state index in [-0.39, 0.29) is 16.1 Å². The molecule has 0 saturated heterocycles. The van der Waals surface area contributed by atoms with E-state index in [1.807, 2.05) is 6.92 Å². The SMILES string of the molecule is Cc1cc(NS(=O)(=O)c2ccc3nc(C)sc3c2)cc(C(=O)O)c1. The molecule has 0 unspecified atom stereocenters. The number of sulfonamides is 1. The lowest BCUT2D eigenvalue weighted by Gasteiger charge is -2.10. The summed E-state index contributed by atoms with van der Waals surface area (Å²) < 4.78 is 28.4. The number of thiazole rings is 1. The Morgan fingerprint density at radius 3 is 2.62 bits per heavy atom. The van der Waals surface area contributed by atoms with E-state index in [1.54, 1.807) is 25.1 Å². The molecule has 0 bridgehead atoms. The van der Waals surface area contributed by atoms with Crippen molar-refractivity contribution in [3.05, 3.63) is 52.5 Å². The third kappa shape index (κ3) is 3.24. The Bertz CT molecular complexity index is 1060. The highest BCUT2D eigenvalue weighted by molar-refractivity contribution is 7.92. The number of carboxylic acids is 1. The average Bonchev–Trinajstić information content (AvgIpc) is 2.85. The van der Waals surface area contributed by atoms with Gasteiger partial charge in [-0.15, -0.1) is 11.3 Å². The van der Waals surface area contributed by atoms with Gasteiger partial charge in [0.25, 0.3) is 10.0 Å². The predicted molar refractivity (Wildman–Crippen MR) is 93.3 cm³/mol. The van der Waals surface area contributed by atoms with Gasteiger partial charge in [0, 0.05) is 5.69 Å². The maximum atomic E-state index is 12.6. The molecule has 6 nitrogen and oxygen atoms in total. The molecule has 1 heterocycles. The highest BCUT2D eigenvalue weighted by Crippen LogP contribution is 2.26. The number of fused-ring (bicyclic) bond motifs is 1. The van der Waals surface area contributed by atoms with E-state index in [0.29, 0.717) is 5.56 Å². The molecule has 0 radical (unpaired) electrons. The van der Waals surface area contributed by atoms with Crippen LogP contribution in [-0.2, 0) is 10.0 Å². The fraction of sp³-hybridized carbons (Fsp3) is 0.125. The first kappa shape index (κ1) is 16.4. The summed E-state index contributed by atoms with van der Waals surface area (Å²) in [7, 11) is -3.82. The van der Waals surface area contributed by atoms with E-state index in [2.05, 4.69) is 9.71 Å². The van der Waals surface area contributed by atoms with Gasteiger partial charge in [-0.25, -0.2) is 18.2 Å². The fourth-order valence-corrected chi connectivity index (χ4v) is 4.37. The Morgan fingerprint density at radius 1 is 1.17 bits per heavy atom. The van der Waals surface area contributed by atoms with Crippen LogP contribution in [0.3, 0.4) is 0 Å². The van der Waals surface area contributed by atoms with Crippen molar-refractivity contribution in [3.63, 3.8) is 0 Å². The zero-order valence-electron chi connectivity index (χ0n) is 12.9. The molecule has 0 aliphatic carbocycles. The maximum absolute atomic E-state index is 12.6. The number of rotatable bonds is 4. The third-order valence-corrected chi connectivity index (χ3v) is 5.67. The van der Waals surface area contributed by atoms with E-state index >= 15 is 0 Å². The van der Waals surface area contributed by atoms with Crippen LogP contribution in [0.4, 0.5) is 5.69 Å². The number of hydrogen-bond acceptors (Lipinski definition) is 5. The molecule has 3 rings (SSSR count). The Balaban J connectivity index is 1.99. The highest BCUT2D eigenvalue weighted by atomic mass is 32.2. The summed E-state index contributed by atoms with van der Waals surface area (Å²) in [5.74, 6) is -1.11. The lowest BCUT2D eigenvalue weighted by molar-refractivity contribution is 0.0697. The Labute approximate surface area is 142 Å². The van der Waals surface area contributed by atoms with Gasteiger partial charge in [-0.05, 0) is 55.8 Å². The molecule has 0 fully saturated rings. The first-order chi connectivity index (χ1) is 11.2. The molecule has 0 aliphatic heterocycles. The predicted octanol–water partition coefficient (Wildman–Crippen LogP) is 3.41. The van der Waals surface area contributed by atoms with Gasteiger partial charge in [-0.3, -0.25) is 4.72 Å². The van der Waals surface area contributed by atoms with Crippen LogP contribution in [0, 0.1) is 13.8 Å². The Kier molecular flexibility index (Phi) is 4.02. The molecule has 0 saturated carbocycles. The number of aromatic carboxylic acids is 1.